The second-order valence-electron chi connectivity index (χ2n) is 4.24. The van der Waals surface area contributed by atoms with Crippen molar-refractivity contribution in [3.8, 4) is 0 Å². The van der Waals surface area contributed by atoms with Gasteiger partial charge in [-0.25, -0.2) is 0 Å². The van der Waals surface area contributed by atoms with Gasteiger partial charge in [-0.1, -0.05) is 23.7 Å². The average Bonchev–Trinajstić information content (AvgIpc) is 2.92. The lowest BCUT2D eigenvalue weighted by molar-refractivity contribution is -0.116. The summed E-state index contributed by atoms with van der Waals surface area (Å²) in [6.07, 6.45) is 4.99. The van der Waals surface area contributed by atoms with Gasteiger partial charge in [-0.2, -0.15) is 5.10 Å². The lowest BCUT2D eigenvalue weighted by Crippen LogP contribution is -2.22. The molecule has 0 bridgehead atoms. The standard InChI is InChI=1S/C15H16ClN3O/c1-2-19-14(9-10-18-19)11-17-15(20)8-5-12-3-6-13(16)7-4-12/h3-10H,2,11H2,1H3,(H,17,20). The number of rotatable bonds is 5. The Hall–Kier alpha value is -2.07. The summed E-state index contributed by atoms with van der Waals surface area (Å²) in [7, 11) is 0. The topological polar surface area (TPSA) is 46.9 Å². The highest BCUT2D eigenvalue weighted by Crippen LogP contribution is 2.10. The molecule has 2 rings (SSSR count). The van der Waals surface area contributed by atoms with Crippen LogP contribution in [0.1, 0.15) is 18.2 Å². The van der Waals surface area contributed by atoms with Crippen LogP contribution in [-0.2, 0) is 17.9 Å². The van der Waals surface area contributed by atoms with E-state index in [0.717, 1.165) is 17.8 Å². The number of hydrogen-bond donors (Lipinski definition) is 1. The molecule has 0 atom stereocenters. The predicted molar refractivity (Wildman–Crippen MR) is 80.2 cm³/mol. The van der Waals surface area contributed by atoms with Gasteiger partial charge >= 0.3 is 0 Å². The Morgan fingerprint density at radius 2 is 2.10 bits per heavy atom. The Balaban J connectivity index is 1.88. The number of halogens is 1. The summed E-state index contributed by atoms with van der Waals surface area (Å²) >= 11 is 5.80. The molecule has 0 unspecified atom stereocenters. The van der Waals surface area contributed by atoms with Crippen LogP contribution in [0.4, 0.5) is 0 Å². The first-order valence-electron chi connectivity index (χ1n) is 6.41. The molecule has 0 radical (unpaired) electrons. The number of amides is 1. The van der Waals surface area contributed by atoms with E-state index in [1.807, 2.05) is 29.8 Å². The van der Waals surface area contributed by atoms with Crippen molar-refractivity contribution in [2.24, 2.45) is 0 Å². The fourth-order valence-corrected chi connectivity index (χ4v) is 1.90. The molecule has 1 heterocycles. The maximum atomic E-state index is 11.7. The minimum absolute atomic E-state index is 0.135. The molecular formula is C15H16ClN3O. The summed E-state index contributed by atoms with van der Waals surface area (Å²) in [5.74, 6) is -0.135. The summed E-state index contributed by atoms with van der Waals surface area (Å²) in [6, 6.07) is 9.20. The highest BCUT2D eigenvalue weighted by Gasteiger charge is 2.01. The average molecular weight is 290 g/mol. The predicted octanol–water partition coefficient (Wildman–Crippen LogP) is 2.89. The van der Waals surface area contributed by atoms with E-state index in [1.54, 1.807) is 24.4 Å². The van der Waals surface area contributed by atoms with E-state index in [2.05, 4.69) is 10.4 Å². The van der Waals surface area contributed by atoms with Crippen LogP contribution in [-0.4, -0.2) is 15.7 Å². The minimum atomic E-state index is -0.135. The second kappa shape index (κ2) is 6.91. The van der Waals surface area contributed by atoms with Crippen LogP contribution in [0.15, 0.2) is 42.6 Å². The maximum absolute atomic E-state index is 11.7. The zero-order valence-electron chi connectivity index (χ0n) is 11.2. The molecule has 0 spiro atoms. The number of aryl methyl sites for hydroxylation is 1. The zero-order chi connectivity index (χ0) is 14.4. The molecule has 0 aliphatic carbocycles. The summed E-state index contributed by atoms with van der Waals surface area (Å²) in [6.45, 7) is 3.27. The van der Waals surface area contributed by atoms with E-state index in [0.29, 0.717) is 11.6 Å². The first-order chi connectivity index (χ1) is 9.69. The van der Waals surface area contributed by atoms with Gasteiger partial charge in [0, 0.05) is 23.8 Å². The monoisotopic (exact) mass is 289 g/mol. The van der Waals surface area contributed by atoms with Crippen molar-refractivity contribution in [1.29, 1.82) is 0 Å². The summed E-state index contributed by atoms with van der Waals surface area (Å²) in [4.78, 5) is 11.7. The normalized spacial score (nSPS) is 10.9. The molecule has 1 aromatic carbocycles. The SMILES string of the molecule is CCn1nccc1CNC(=O)C=Cc1ccc(Cl)cc1. The van der Waals surface area contributed by atoms with Gasteiger partial charge in [0.05, 0.1) is 12.2 Å². The number of aromatic nitrogens is 2. The zero-order valence-corrected chi connectivity index (χ0v) is 12.0. The van der Waals surface area contributed by atoms with Crippen LogP contribution in [0.2, 0.25) is 5.02 Å². The third-order valence-corrected chi connectivity index (χ3v) is 3.10. The van der Waals surface area contributed by atoms with E-state index in [9.17, 15) is 4.79 Å². The van der Waals surface area contributed by atoms with Crippen LogP contribution >= 0.6 is 11.6 Å². The van der Waals surface area contributed by atoms with Crippen LogP contribution in [0.3, 0.4) is 0 Å². The molecule has 2 aromatic rings. The number of nitrogens with one attached hydrogen (secondary N) is 1. The van der Waals surface area contributed by atoms with Gasteiger partial charge in [-0.05, 0) is 36.8 Å². The molecule has 0 saturated heterocycles. The van der Waals surface area contributed by atoms with Gasteiger partial charge in [-0.3, -0.25) is 9.48 Å². The van der Waals surface area contributed by atoms with Gasteiger partial charge in [0.25, 0.3) is 0 Å². The fourth-order valence-electron chi connectivity index (χ4n) is 1.78. The Kier molecular flexibility index (Phi) is 4.96. The third kappa shape index (κ3) is 3.96. The van der Waals surface area contributed by atoms with Crippen LogP contribution in [0, 0.1) is 0 Å². The molecule has 5 heteroatoms. The largest absolute Gasteiger partial charge is 0.347 e. The van der Waals surface area contributed by atoms with Gasteiger partial charge in [0.2, 0.25) is 5.91 Å². The number of hydrogen-bond acceptors (Lipinski definition) is 2. The van der Waals surface area contributed by atoms with Crippen molar-refractivity contribution in [2.45, 2.75) is 20.0 Å². The van der Waals surface area contributed by atoms with Crippen LogP contribution in [0.5, 0.6) is 0 Å². The smallest absolute Gasteiger partial charge is 0.244 e. The molecule has 4 nitrogen and oxygen atoms in total. The lowest BCUT2D eigenvalue weighted by Gasteiger charge is -2.04. The van der Waals surface area contributed by atoms with Gasteiger partial charge in [0.1, 0.15) is 0 Å². The number of benzene rings is 1. The molecule has 0 fully saturated rings. The van der Waals surface area contributed by atoms with Gasteiger partial charge < -0.3 is 5.32 Å². The number of carbonyl (C=O) groups excluding carboxylic acids is 1. The van der Waals surface area contributed by atoms with Crippen molar-refractivity contribution < 1.29 is 4.79 Å². The molecule has 0 saturated carbocycles. The number of carbonyl (C=O) groups is 1. The Labute approximate surface area is 123 Å². The first-order valence-corrected chi connectivity index (χ1v) is 6.79. The number of nitrogens with zero attached hydrogens (tertiary/aromatic N) is 2. The molecule has 104 valence electrons. The minimum Gasteiger partial charge on any atom is -0.347 e. The third-order valence-electron chi connectivity index (χ3n) is 2.84. The molecule has 20 heavy (non-hydrogen) atoms. The maximum Gasteiger partial charge on any atom is 0.244 e. The highest BCUT2D eigenvalue weighted by molar-refractivity contribution is 6.30. The molecular weight excluding hydrogens is 274 g/mol. The van der Waals surface area contributed by atoms with Gasteiger partial charge in [-0.15, -0.1) is 0 Å². The fraction of sp³-hybridized carbons (Fsp3) is 0.200. The van der Waals surface area contributed by atoms with E-state index in [1.165, 1.54) is 6.08 Å². The van der Waals surface area contributed by atoms with Crippen molar-refractivity contribution in [2.75, 3.05) is 0 Å². The second-order valence-corrected chi connectivity index (χ2v) is 4.68. The van der Waals surface area contributed by atoms with Crippen molar-refractivity contribution >= 4 is 23.6 Å². The van der Waals surface area contributed by atoms with E-state index in [-0.39, 0.29) is 5.91 Å². The van der Waals surface area contributed by atoms with E-state index >= 15 is 0 Å². The highest BCUT2D eigenvalue weighted by atomic mass is 35.5. The quantitative estimate of drug-likeness (QED) is 0.860. The van der Waals surface area contributed by atoms with Crippen LogP contribution < -0.4 is 5.32 Å². The van der Waals surface area contributed by atoms with Gasteiger partial charge in [0.15, 0.2) is 0 Å². The van der Waals surface area contributed by atoms with Crippen molar-refractivity contribution in [3.63, 3.8) is 0 Å². The Bertz CT molecular complexity index is 602. The van der Waals surface area contributed by atoms with Crippen LogP contribution in [0.25, 0.3) is 6.08 Å². The molecule has 1 N–H and O–H groups in total. The summed E-state index contributed by atoms with van der Waals surface area (Å²) in [5, 5.41) is 7.66. The van der Waals surface area contributed by atoms with E-state index < -0.39 is 0 Å². The van der Waals surface area contributed by atoms with Crippen molar-refractivity contribution in [1.82, 2.24) is 15.1 Å². The Morgan fingerprint density at radius 3 is 2.80 bits per heavy atom. The molecule has 1 aromatic heterocycles. The summed E-state index contributed by atoms with van der Waals surface area (Å²) < 4.78 is 1.85. The lowest BCUT2D eigenvalue weighted by atomic mass is 10.2. The van der Waals surface area contributed by atoms with Crippen molar-refractivity contribution in [3.05, 3.63) is 58.9 Å². The molecule has 0 aliphatic rings. The summed E-state index contributed by atoms with van der Waals surface area (Å²) in [5.41, 5.74) is 1.92. The molecule has 1 amide bonds. The first kappa shape index (κ1) is 14.3. The Morgan fingerprint density at radius 1 is 1.35 bits per heavy atom. The van der Waals surface area contributed by atoms with E-state index in [4.69, 9.17) is 11.6 Å². The molecule has 0 aliphatic heterocycles.